The van der Waals surface area contributed by atoms with Crippen molar-refractivity contribution in [1.82, 2.24) is 9.91 Å². The Morgan fingerprint density at radius 1 is 1.34 bits per heavy atom. The molecule has 0 radical (unpaired) electrons. The van der Waals surface area contributed by atoms with Gasteiger partial charge in [0.05, 0.1) is 0 Å². The number of allylic oxidation sites excluding steroid dienone is 5. The summed E-state index contributed by atoms with van der Waals surface area (Å²) in [7, 11) is 3.31. The minimum atomic E-state index is -0.941. The molecule has 1 heterocycles. The Balaban J connectivity index is 2.28. The molecule has 0 bridgehead atoms. The van der Waals surface area contributed by atoms with Crippen molar-refractivity contribution in [3.63, 3.8) is 0 Å². The molecular formula is C24H30F2N4OS. The molecule has 3 rings (SSSR count). The number of carbonyl (C=O) groups is 1. The summed E-state index contributed by atoms with van der Waals surface area (Å²) in [5.41, 5.74) is 7.92. The van der Waals surface area contributed by atoms with Crippen LogP contribution in [0.3, 0.4) is 0 Å². The molecule has 0 saturated carbocycles. The Morgan fingerprint density at radius 3 is 2.69 bits per heavy atom. The van der Waals surface area contributed by atoms with Gasteiger partial charge in [-0.1, -0.05) is 49.0 Å². The van der Waals surface area contributed by atoms with Gasteiger partial charge in [-0.25, -0.2) is 13.6 Å². The molecule has 1 aliphatic carbocycles. The van der Waals surface area contributed by atoms with E-state index in [1.165, 1.54) is 39.9 Å². The lowest BCUT2D eigenvalue weighted by Crippen LogP contribution is -2.50. The molecule has 2 amide bonds. The van der Waals surface area contributed by atoms with E-state index in [2.05, 4.69) is 5.10 Å². The number of urea groups is 1. The monoisotopic (exact) mass is 460 g/mol. The van der Waals surface area contributed by atoms with Gasteiger partial charge in [-0.2, -0.15) is 10.1 Å². The van der Waals surface area contributed by atoms with Crippen LogP contribution in [-0.4, -0.2) is 41.6 Å². The van der Waals surface area contributed by atoms with Gasteiger partial charge >= 0.3 is 6.03 Å². The van der Waals surface area contributed by atoms with Crippen LogP contribution in [0.4, 0.5) is 13.6 Å². The van der Waals surface area contributed by atoms with Gasteiger partial charge in [0, 0.05) is 26.1 Å². The molecule has 0 unspecified atom stereocenters. The van der Waals surface area contributed by atoms with Crippen LogP contribution in [0.15, 0.2) is 64.8 Å². The molecule has 0 fully saturated rings. The van der Waals surface area contributed by atoms with Crippen LogP contribution in [-0.2, 0) is 4.87 Å². The van der Waals surface area contributed by atoms with Crippen molar-refractivity contribution in [2.75, 3.05) is 20.6 Å². The number of thioether (sulfide) groups is 1. The third kappa shape index (κ3) is 4.38. The van der Waals surface area contributed by atoms with Crippen molar-refractivity contribution in [1.29, 1.82) is 0 Å². The van der Waals surface area contributed by atoms with E-state index >= 15 is 0 Å². The van der Waals surface area contributed by atoms with Gasteiger partial charge in [-0.3, -0.25) is 0 Å². The summed E-state index contributed by atoms with van der Waals surface area (Å²) >= 11 is 1.30. The van der Waals surface area contributed by atoms with Gasteiger partial charge in [-0.05, 0) is 55.5 Å². The maximum absolute atomic E-state index is 14.9. The Morgan fingerprint density at radius 2 is 2.06 bits per heavy atom. The lowest BCUT2D eigenvalue weighted by atomic mass is 9.85. The number of rotatable bonds is 6. The SMILES string of the molecule is CC[C@H](CCN)[C@]1(c2ccccc2C)SC(C2=C(F)C=CCC(F)=C2)=NN1C(=O)N(C)C. The second kappa shape index (κ2) is 10.0. The van der Waals surface area contributed by atoms with Gasteiger partial charge in [-0.15, -0.1) is 0 Å². The van der Waals surface area contributed by atoms with Crippen LogP contribution >= 0.6 is 11.8 Å². The van der Waals surface area contributed by atoms with Gasteiger partial charge in [0.25, 0.3) is 0 Å². The molecule has 0 spiro atoms. The fourth-order valence-corrected chi connectivity index (χ4v) is 5.85. The van der Waals surface area contributed by atoms with Crippen LogP contribution in [0.5, 0.6) is 0 Å². The molecule has 0 saturated heterocycles. The molecule has 1 aromatic rings. The smallest absolute Gasteiger partial charge is 0.330 e. The van der Waals surface area contributed by atoms with E-state index in [9.17, 15) is 13.6 Å². The molecule has 0 aromatic heterocycles. The van der Waals surface area contributed by atoms with Crippen LogP contribution < -0.4 is 5.73 Å². The van der Waals surface area contributed by atoms with E-state index in [1.807, 2.05) is 38.1 Å². The summed E-state index contributed by atoms with van der Waals surface area (Å²) in [6, 6.07) is 7.48. The summed E-state index contributed by atoms with van der Waals surface area (Å²) in [6.07, 6.45) is 5.26. The van der Waals surface area contributed by atoms with Crippen molar-refractivity contribution in [2.24, 2.45) is 16.8 Å². The highest BCUT2D eigenvalue weighted by Gasteiger charge is 2.54. The average molecular weight is 461 g/mol. The van der Waals surface area contributed by atoms with Gasteiger partial charge in [0.15, 0.2) is 0 Å². The third-order valence-corrected chi connectivity index (χ3v) is 7.31. The summed E-state index contributed by atoms with van der Waals surface area (Å²) in [5, 5.41) is 6.34. The fourth-order valence-electron chi connectivity index (χ4n) is 4.17. The van der Waals surface area contributed by atoms with E-state index < -0.39 is 16.5 Å². The van der Waals surface area contributed by atoms with Gasteiger partial charge in [0.2, 0.25) is 0 Å². The summed E-state index contributed by atoms with van der Waals surface area (Å²) in [5.74, 6) is -1.10. The van der Waals surface area contributed by atoms with E-state index in [-0.39, 0.29) is 29.0 Å². The predicted octanol–water partition coefficient (Wildman–Crippen LogP) is 5.60. The second-order valence-electron chi connectivity index (χ2n) is 8.15. The number of amides is 2. The molecule has 8 heteroatoms. The van der Waals surface area contributed by atoms with Crippen LogP contribution in [0.25, 0.3) is 0 Å². The number of nitrogens with zero attached hydrogens (tertiary/aromatic N) is 3. The zero-order valence-electron chi connectivity index (χ0n) is 18.9. The van der Waals surface area contributed by atoms with Crippen molar-refractivity contribution < 1.29 is 13.6 Å². The van der Waals surface area contributed by atoms with Crippen molar-refractivity contribution >= 4 is 22.8 Å². The molecule has 2 atom stereocenters. The van der Waals surface area contributed by atoms with Crippen LogP contribution in [0, 0.1) is 12.8 Å². The van der Waals surface area contributed by atoms with Crippen molar-refractivity contribution in [3.05, 3.63) is 70.8 Å². The zero-order chi connectivity index (χ0) is 23.5. The number of hydrazone groups is 1. The maximum atomic E-state index is 14.9. The van der Waals surface area contributed by atoms with E-state index in [1.54, 1.807) is 14.1 Å². The molecule has 32 heavy (non-hydrogen) atoms. The van der Waals surface area contributed by atoms with Crippen molar-refractivity contribution in [3.8, 4) is 0 Å². The average Bonchev–Trinajstić information content (AvgIpc) is 3.07. The number of carbonyl (C=O) groups excluding carboxylic acids is 1. The molecule has 2 aliphatic rings. The highest BCUT2D eigenvalue weighted by atomic mass is 32.2. The zero-order valence-corrected chi connectivity index (χ0v) is 19.8. The molecule has 5 nitrogen and oxygen atoms in total. The minimum absolute atomic E-state index is 0.0168. The number of nitrogens with two attached hydrogens (primary N) is 1. The molecule has 1 aliphatic heterocycles. The van der Waals surface area contributed by atoms with E-state index in [0.717, 1.165) is 17.5 Å². The first-order valence-corrected chi connectivity index (χ1v) is 11.6. The highest BCUT2D eigenvalue weighted by Crippen LogP contribution is 2.55. The normalized spacial score (nSPS) is 21.9. The lowest BCUT2D eigenvalue weighted by Gasteiger charge is -2.43. The van der Waals surface area contributed by atoms with Crippen LogP contribution in [0.2, 0.25) is 0 Å². The number of benzene rings is 1. The second-order valence-corrected chi connectivity index (χ2v) is 9.36. The van der Waals surface area contributed by atoms with Gasteiger partial charge in [0.1, 0.15) is 21.6 Å². The van der Waals surface area contributed by atoms with Crippen LogP contribution in [0.1, 0.15) is 37.3 Å². The standard InChI is InChI=1S/C24H30F2N4OS/c1-5-17(13-14-27)24(20-11-7-6-9-16(20)2)30(23(31)29(3)4)28-22(32-24)19-15-18(25)10-8-12-21(19)26/h6-9,11-12,15,17H,5,10,13-14,27H2,1-4H3/t17-,24-/m1/s1. The summed E-state index contributed by atoms with van der Waals surface area (Å²) < 4.78 is 29.2. The quantitative estimate of drug-likeness (QED) is 0.601. The third-order valence-electron chi connectivity index (χ3n) is 5.78. The first-order chi connectivity index (χ1) is 15.3. The minimum Gasteiger partial charge on any atom is -0.330 e. The first kappa shape index (κ1) is 24.2. The Bertz CT molecular complexity index is 1000. The van der Waals surface area contributed by atoms with E-state index in [0.29, 0.717) is 13.0 Å². The number of halogens is 2. The van der Waals surface area contributed by atoms with E-state index in [4.69, 9.17) is 5.73 Å². The largest absolute Gasteiger partial charge is 0.341 e. The molecular weight excluding hydrogens is 430 g/mol. The lowest BCUT2D eigenvalue weighted by molar-refractivity contribution is 0.109. The summed E-state index contributed by atoms with van der Waals surface area (Å²) in [4.78, 5) is 13.9. The maximum Gasteiger partial charge on any atom is 0.341 e. The highest BCUT2D eigenvalue weighted by molar-refractivity contribution is 8.15. The summed E-state index contributed by atoms with van der Waals surface area (Å²) in [6.45, 7) is 4.46. The first-order valence-electron chi connectivity index (χ1n) is 10.7. The molecule has 2 N–H and O–H groups in total. The fraction of sp³-hybridized carbons (Fsp3) is 0.417. The number of aryl methyl sites for hydroxylation is 1. The topological polar surface area (TPSA) is 61.9 Å². The Hall–Kier alpha value is -2.45. The predicted molar refractivity (Wildman–Crippen MR) is 127 cm³/mol. The Labute approximate surface area is 192 Å². The Kier molecular flexibility index (Phi) is 7.56. The molecule has 1 aromatic carbocycles. The van der Waals surface area contributed by atoms with Gasteiger partial charge < -0.3 is 10.6 Å². The van der Waals surface area contributed by atoms with Crippen molar-refractivity contribution in [2.45, 2.75) is 38.0 Å². The number of hydrogen-bond acceptors (Lipinski definition) is 4. The number of hydrogen-bond donors (Lipinski definition) is 1. The molecule has 172 valence electrons.